The molecule has 0 spiro atoms. The highest BCUT2D eigenvalue weighted by Gasteiger charge is 2.37. The number of likely N-dealkylation sites (tertiary alicyclic amines) is 1. The van der Waals surface area contributed by atoms with Gasteiger partial charge in [0.2, 0.25) is 0 Å². The first-order valence-corrected chi connectivity index (χ1v) is 18.1. The fourth-order valence-corrected chi connectivity index (χ4v) is 6.97. The minimum atomic E-state index is -0.889. The number of esters is 1. The highest BCUT2D eigenvalue weighted by atomic mass is 35.5. The van der Waals surface area contributed by atoms with Crippen molar-refractivity contribution in [2.24, 2.45) is 0 Å². The summed E-state index contributed by atoms with van der Waals surface area (Å²) in [5.41, 5.74) is 4.46. The lowest BCUT2D eigenvalue weighted by Crippen LogP contribution is -2.47. The van der Waals surface area contributed by atoms with Gasteiger partial charge in [0.1, 0.15) is 6.04 Å². The van der Waals surface area contributed by atoms with E-state index in [1.165, 1.54) is 7.11 Å². The van der Waals surface area contributed by atoms with Crippen molar-refractivity contribution in [3.63, 3.8) is 0 Å². The van der Waals surface area contributed by atoms with Crippen LogP contribution < -0.4 is 10.6 Å². The molecule has 4 aromatic carbocycles. The molecule has 0 saturated carbocycles. The normalized spacial score (nSPS) is 20.8. The monoisotopic (exact) mass is 727 g/mol. The Morgan fingerprint density at radius 2 is 1.54 bits per heavy atom. The number of nitrogens with zero attached hydrogens (tertiary/aromatic N) is 1. The third-order valence-corrected chi connectivity index (χ3v) is 10.2. The van der Waals surface area contributed by atoms with Crippen LogP contribution in [-0.2, 0) is 44.2 Å². The number of carbonyl (C=O) groups excluding carboxylic acids is 2. The molecule has 11 heteroatoms. The van der Waals surface area contributed by atoms with Crippen molar-refractivity contribution >= 4 is 23.6 Å². The zero-order chi connectivity index (χ0) is 36.5. The van der Waals surface area contributed by atoms with Crippen molar-refractivity contribution in [3.05, 3.63) is 142 Å². The molecule has 10 nitrogen and oxygen atoms in total. The Kier molecular flexibility index (Phi) is 12.6. The Labute approximate surface area is 309 Å². The highest BCUT2D eigenvalue weighted by Crippen LogP contribution is 2.39. The third kappa shape index (κ3) is 9.77. The van der Waals surface area contributed by atoms with Crippen LogP contribution in [0.15, 0.2) is 103 Å². The molecule has 2 saturated heterocycles. The zero-order valence-electron chi connectivity index (χ0n) is 29.2. The molecule has 0 aliphatic carbocycles. The Morgan fingerprint density at radius 1 is 0.885 bits per heavy atom. The van der Waals surface area contributed by atoms with Gasteiger partial charge in [-0.1, -0.05) is 103 Å². The van der Waals surface area contributed by atoms with Gasteiger partial charge in [0.15, 0.2) is 6.29 Å². The van der Waals surface area contributed by atoms with Gasteiger partial charge >= 0.3 is 12.0 Å². The molecule has 2 amide bonds. The van der Waals surface area contributed by atoms with Crippen LogP contribution in [0.2, 0.25) is 5.02 Å². The Balaban J connectivity index is 1.08. The summed E-state index contributed by atoms with van der Waals surface area (Å²) in [5, 5.41) is 27.2. The van der Waals surface area contributed by atoms with E-state index in [0.717, 1.165) is 46.5 Å². The average molecular weight is 728 g/mol. The lowest BCUT2D eigenvalue weighted by atomic mass is 9.84. The number of benzene rings is 4. The molecule has 6 rings (SSSR count). The topological polar surface area (TPSA) is 130 Å². The standard InChI is InChI=1S/C41H46ClN3O7/c1-50-38(47)36(23-28-5-3-2-4-6-28)44-40(48)43-25-29-7-13-32(14-8-29)39-51-35(24-37(52-39)31-11-9-30(27-46)10-12-31)26-45-21-19-41(49,20-22-45)33-15-17-34(42)18-16-33/h2-18,35-37,39,46,49H,19-27H2,1H3,(H2,43,44,48). The van der Waals surface area contributed by atoms with Crippen molar-refractivity contribution in [1.29, 1.82) is 0 Å². The quantitative estimate of drug-likeness (QED) is 0.132. The van der Waals surface area contributed by atoms with E-state index in [4.69, 9.17) is 25.8 Å². The first-order chi connectivity index (χ1) is 25.2. The van der Waals surface area contributed by atoms with Crippen molar-refractivity contribution < 1.29 is 34.0 Å². The molecule has 2 aliphatic rings. The SMILES string of the molecule is COC(=O)C(Cc1ccccc1)NC(=O)NCc1ccc(C2OC(CN3CCC(O)(c4ccc(Cl)cc4)CC3)CC(c3ccc(CO)cc3)O2)cc1. The van der Waals surface area contributed by atoms with Crippen LogP contribution in [0.4, 0.5) is 4.79 Å². The van der Waals surface area contributed by atoms with Crippen LogP contribution in [0.5, 0.6) is 0 Å². The van der Waals surface area contributed by atoms with Crippen LogP contribution in [0.1, 0.15) is 65.0 Å². The first-order valence-electron chi connectivity index (χ1n) is 17.7. The fourth-order valence-electron chi connectivity index (χ4n) is 6.84. The van der Waals surface area contributed by atoms with Gasteiger partial charge in [-0.05, 0) is 52.8 Å². The summed E-state index contributed by atoms with van der Waals surface area (Å²) in [5.74, 6) is -0.517. The third-order valence-electron chi connectivity index (χ3n) is 9.92. The molecular formula is C41H46ClN3O7. The summed E-state index contributed by atoms with van der Waals surface area (Å²) in [6.07, 6.45) is 1.20. The van der Waals surface area contributed by atoms with Gasteiger partial charge in [0.05, 0.1) is 31.5 Å². The van der Waals surface area contributed by atoms with Crippen LogP contribution in [0.25, 0.3) is 0 Å². The van der Waals surface area contributed by atoms with Gasteiger partial charge in [-0.25, -0.2) is 9.59 Å². The van der Waals surface area contributed by atoms with E-state index >= 15 is 0 Å². The maximum atomic E-state index is 12.8. The number of ether oxygens (including phenoxy) is 3. The summed E-state index contributed by atoms with van der Waals surface area (Å²) in [4.78, 5) is 27.5. The van der Waals surface area contributed by atoms with E-state index in [0.29, 0.717) is 37.3 Å². The Hall–Kier alpha value is -4.29. The summed E-state index contributed by atoms with van der Waals surface area (Å²) >= 11 is 6.08. The largest absolute Gasteiger partial charge is 0.467 e. The van der Waals surface area contributed by atoms with E-state index in [9.17, 15) is 19.8 Å². The smallest absolute Gasteiger partial charge is 0.328 e. The van der Waals surface area contributed by atoms with E-state index in [-0.39, 0.29) is 25.4 Å². The number of amides is 2. The molecule has 4 N–H and O–H groups in total. The number of halogens is 1. The van der Waals surface area contributed by atoms with E-state index < -0.39 is 29.9 Å². The molecule has 2 fully saturated rings. The molecule has 274 valence electrons. The minimum absolute atomic E-state index is 0.0279. The van der Waals surface area contributed by atoms with Crippen molar-refractivity contribution in [3.8, 4) is 0 Å². The average Bonchev–Trinajstić information content (AvgIpc) is 3.18. The predicted molar refractivity (Wildman–Crippen MR) is 197 cm³/mol. The van der Waals surface area contributed by atoms with E-state index in [2.05, 4.69) is 15.5 Å². The second-order valence-corrected chi connectivity index (χ2v) is 14.0. The number of piperidine rings is 1. The minimum Gasteiger partial charge on any atom is -0.467 e. The maximum Gasteiger partial charge on any atom is 0.328 e. The summed E-state index contributed by atoms with van der Waals surface area (Å²) in [6, 6.07) is 31.1. The zero-order valence-corrected chi connectivity index (χ0v) is 30.0. The molecular weight excluding hydrogens is 682 g/mol. The number of urea groups is 1. The lowest BCUT2D eigenvalue weighted by molar-refractivity contribution is -0.253. The second-order valence-electron chi connectivity index (χ2n) is 13.5. The number of hydrogen-bond donors (Lipinski definition) is 4. The van der Waals surface area contributed by atoms with Crippen molar-refractivity contribution in [1.82, 2.24) is 15.5 Å². The number of methoxy groups -OCH3 is 1. The van der Waals surface area contributed by atoms with E-state index in [1.807, 2.05) is 103 Å². The second kappa shape index (κ2) is 17.5. The number of carbonyl (C=O) groups is 2. The number of hydrogen-bond acceptors (Lipinski definition) is 8. The van der Waals surface area contributed by atoms with Crippen molar-refractivity contribution in [2.45, 2.75) is 69.0 Å². The predicted octanol–water partition coefficient (Wildman–Crippen LogP) is 5.94. The summed E-state index contributed by atoms with van der Waals surface area (Å²) in [7, 11) is 1.30. The van der Waals surface area contributed by atoms with Crippen molar-refractivity contribution in [2.75, 3.05) is 26.7 Å². The van der Waals surface area contributed by atoms with Crippen LogP contribution in [-0.4, -0.2) is 66.0 Å². The molecule has 4 unspecified atom stereocenters. The molecule has 52 heavy (non-hydrogen) atoms. The van der Waals surface area contributed by atoms with Gasteiger partial charge in [-0.15, -0.1) is 0 Å². The van der Waals surface area contributed by atoms with Gasteiger partial charge in [-0.3, -0.25) is 0 Å². The Morgan fingerprint density at radius 3 is 2.19 bits per heavy atom. The van der Waals surface area contributed by atoms with Gasteiger partial charge in [-0.2, -0.15) is 0 Å². The van der Waals surface area contributed by atoms with Gasteiger partial charge in [0.25, 0.3) is 0 Å². The fraction of sp³-hybridized carbons (Fsp3) is 0.366. The molecule has 4 aromatic rings. The molecule has 2 aliphatic heterocycles. The molecule has 0 aromatic heterocycles. The number of nitrogens with one attached hydrogen (secondary N) is 2. The van der Waals surface area contributed by atoms with E-state index in [1.54, 1.807) is 0 Å². The van der Waals surface area contributed by atoms with Crippen LogP contribution >= 0.6 is 11.6 Å². The van der Waals surface area contributed by atoms with Gasteiger partial charge in [0, 0.05) is 49.6 Å². The summed E-state index contributed by atoms with van der Waals surface area (Å²) in [6.45, 7) is 2.36. The molecule has 2 heterocycles. The number of aliphatic hydroxyl groups excluding tert-OH is 1. The number of rotatable bonds is 12. The maximum absolute atomic E-state index is 12.8. The summed E-state index contributed by atoms with van der Waals surface area (Å²) < 4.78 is 18.0. The lowest BCUT2D eigenvalue weighted by Gasteiger charge is -2.42. The molecule has 0 bridgehead atoms. The highest BCUT2D eigenvalue weighted by molar-refractivity contribution is 6.30. The number of aliphatic hydroxyl groups is 2. The molecule has 4 atom stereocenters. The molecule has 0 radical (unpaired) electrons. The first kappa shape index (κ1) is 37.5. The van der Waals surface area contributed by atoms with Crippen LogP contribution in [0, 0.1) is 0 Å². The van der Waals surface area contributed by atoms with Crippen LogP contribution in [0.3, 0.4) is 0 Å². The van der Waals surface area contributed by atoms with Gasteiger partial charge < -0.3 is 40.0 Å². The Bertz CT molecular complexity index is 1750.